The summed E-state index contributed by atoms with van der Waals surface area (Å²) in [6.07, 6.45) is -0.0614. The van der Waals surface area contributed by atoms with Crippen LogP contribution in [-0.2, 0) is 4.74 Å². The number of alkyl halides is 1. The molecule has 0 aromatic heterocycles. The number of ether oxygens (including phenoxy) is 1. The molecule has 0 spiro atoms. The maximum Gasteiger partial charge on any atom is 0.135 e. The van der Waals surface area contributed by atoms with E-state index < -0.39 is 6.17 Å². The van der Waals surface area contributed by atoms with Crippen molar-refractivity contribution in [3.8, 4) is 0 Å². The van der Waals surface area contributed by atoms with E-state index in [1.165, 1.54) is 0 Å². The molecule has 0 radical (unpaired) electrons. The van der Waals surface area contributed by atoms with E-state index in [0.29, 0.717) is 6.61 Å². The van der Waals surface area contributed by atoms with E-state index in [4.69, 9.17) is 10.5 Å². The van der Waals surface area contributed by atoms with Crippen LogP contribution in [0.15, 0.2) is 0 Å². The van der Waals surface area contributed by atoms with Crippen LogP contribution in [0.4, 0.5) is 4.39 Å². The number of nitrogens with two attached hydrogens (primary N) is 1. The molecular formula is C6H14FNO. The Hall–Kier alpha value is -0.150. The molecule has 2 N–H and O–H groups in total. The molecular weight excluding hydrogens is 121 g/mol. The van der Waals surface area contributed by atoms with E-state index in [-0.39, 0.29) is 13.2 Å². The van der Waals surface area contributed by atoms with Crippen LogP contribution in [-0.4, -0.2) is 25.9 Å². The highest BCUT2D eigenvalue weighted by atomic mass is 19.1. The lowest BCUT2D eigenvalue weighted by molar-refractivity contribution is 0.0842. The predicted molar refractivity (Wildman–Crippen MR) is 35.1 cm³/mol. The third kappa shape index (κ3) is 5.73. The van der Waals surface area contributed by atoms with Gasteiger partial charge in [-0.2, -0.15) is 0 Å². The smallest absolute Gasteiger partial charge is 0.135 e. The van der Waals surface area contributed by atoms with Crippen molar-refractivity contribution < 1.29 is 9.13 Å². The molecule has 0 saturated carbocycles. The van der Waals surface area contributed by atoms with Crippen LogP contribution in [0.5, 0.6) is 0 Å². The Bertz CT molecular complexity index is 61.0. The molecule has 1 unspecified atom stereocenters. The molecule has 0 amide bonds. The van der Waals surface area contributed by atoms with Crippen LogP contribution in [0, 0.1) is 0 Å². The molecule has 9 heavy (non-hydrogen) atoms. The zero-order valence-electron chi connectivity index (χ0n) is 5.77. The molecule has 0 aromatic carbocycles. The van der Waals surface area contributed by atoms with Crippen molar-refractivity contribution in [3.05, 3.63) is 0 Å². The first-order valence-electron chi connectivity index (χ1n) is 3.23. The molecule has 0 bridgehead atoms. The molecule has 0 aliphatic heterocycles. The Morgan fingerprint density at radius 1 is 1.67 bits per heavy atom. The zero-order valence-corrected chi connectivity index (χ0v) is 5.77. The lowest BCUT2D eigenvalue weighted by Gasteiger charge is -2.04. The fourth-order valence-corrected chi connectivity index (χ4v) is 0.424. The van der Waals surface area contributed by atoms with E-state index in [1.54, 1.807) is 0 Å². The van der Waals surface area contributed by atoms with Gasteiger partial charge in [0.25, 0.3) is 0 Å². The third-order valence-corrected chi connectivity index (χ3v) is 0.903. The van der Waals surface area contributed by atoms with Gasteiger partial charge in [-0.05, 0) is 6.42 Å². The van der Waals surface area contributed by atoms with Crippen molar-refractivity contribution in [2.24, 2.45) is 5.73 Å². The number of rotatable bonds is 5. The van der Waals surface area contributed by atoms with Gasteiger partial charge >= 0.3 is 0 Å². The summed E-state index contributed by atoms with van der Waals surface area (Å²) >= 11 is 0. The van der Waals surface area contributed by atoms with E-state index in [2.05, 4.69) is 0 Å². The summed E-state index contributed by atoms with van der Waals surface area (Å²) in [6, 6.07) is 0. The maximum atomic E-state index is 12.2. The SMILES string of the molecule is CCCOCC(F)CN. The van der Waals surface area contributed by atoms with Crippen LogP contribution < -0.4 is 5.73 Å². The first-order chi connectivity index (χ1) is 4.31. The van der Waals surface area contributed by atoms with Gasteiger partial charge in [0.15, 0.2) is 0 Å². The molecule has 0 aromatic rings. The van der Waals surface area contributed by atoms with Gasteiger partial charge in [-0.3, -0.25) is 0 Å². The van der Waals surface area contributed by atoms with Gasteiger partial charge in [-0.25, -0.2) is 4.39 Å². The highest BCUT2D eigenvalue weighted by Crippen LogP contribution is 1.89. The second kappa shape index (κ2) is 5.98. The van der Waals surface area contributed by atoms with Crippen molar-refractivity contribution in [2.75, 3.05) is 19.8 Å². The quantitative estimate of drug-likeness (QED) is 0.563. The fourth-order valence-electron chi connectivity index (χ4n) is 0.424. The Morgan fingerprint density at radius 3 is 2.78 bits per heavy atom. The Kier molecular flexibility index (Phi) is 5.88. The lowest BCUT2D eigenvalue weighted by Crippen LogP contribution is -2.21. The van der Waals surface area contributed by atoms with Gasteiger partial charge in [-0.1, -0.05) is 6.92 Å². The van der Waals surface area contributed by atoms with E-state index in [1.807, 2.05) is 6.92 Å². The van der Waals surface area contributed by atoms with Crippen molar-refractivity contribution in [2.45, 2.75) is 19.5 Å². The van der Waals surface area contributed by atoms with Crippen LogP contribution in [0.1, 0.15) is 13.3 Å². The molecule has 0 aliphatic rings. The van der Waals surface area contributed by atoms with Crippen molar-refractivity contribution in [3.63, 3.8) is 0 Å². The van der Waals surface area contributed by atoms with Gasteiger partial charge in [0.1, 0.15) is 6.17 Å². The Balaban J connectivity index is 2.88. The summed E-state index contributed by atoms with van der Waals surface area (Å²) in [5, 5.41) is 0. The standard InChI is InChI=1S/C6H14FNO/c1-2-3-9-5-6(7)4-8/h6H,2-5,8H2,1H3. The molecule has 0 rings (SSSR count). The van der Waals surface area contributed by atoms with E-state index in [9.17, 15) is 4.39 Å². The van der Waals surface area contributed by atoms with E-state index >= 15 is 0 Å². The summed E-state index contributed by atoms with van der Waals surface area (Å²) in [7, 11) is 0. The van der Waals surface area contributed by atoms with Gasteiger partial charge in [-0.15, -0.1) is 0 Å². The minimum Gasteiger partial charge on any atom is -0.378 e. The van der Waals surface area contributed by atoms with Crippen LogP contribution in [0.25, 0.3) is 0 Å². The normalized spacial score (nSPS) is 13.7. The largest absolute Gasteiger partial charge is 0.378 e. The van der Waals surface area contributed by atoms with Crippen LogP contribution >= 0.6 is 0 Å². The second-order valence-corrected chi connectivity index (χ2v) is 1.91. The Labute approximate surface area is 55.2 Å². The topological polar surface area (TPSA) is 35.2 Å². The highest BCUT2D eigenvalue weighted by molar-refractivity contribution is 4.52. The van der Waals surface area contributed by atoms with Crippen LogP contribution in [0.2, 0.25) is 0 Å². The van der Waals surface area contributed by atoms with E-state index in [0.717, 1.165) is 6.42 Å². The number of halogens is 1. The zero-order chi connectivity index (χ0) is 7.11. The molecule has 2 nitrogen and oxygen atoms in total. The second-order valence-electron chi connectivity index (χ2n) is 1.91. The summed E-state index contributed by atoms with van der Waals surface area (Å²) in [4.78, 5) is 0. The monoisotopic (exact) mass is 135 g/mol. The summed E-state index contributed by atoms with van der Waals surface area (Å²) in [5.74, 6) is 0. The highest BCUT2D eigenvalue weighted by Gasteiger charge is 2.00. The molecule has 1 atom stereocenters. The van der Waals surface area contributed by atoms with Crippen molar-refractivity contribution in [1.29, 1.82) is 0 Å². The molecule has 0 heterocycles. The minimum absolute atomic E-state index is 0.0592. The summed E-state index contributed by atoms with van der Waals surface area (Å²) in [5.41, 5.74) is 5.00. The van der Waals surface area contributed by atoms with Crippen molar-refractivity contribution >= 4 is 0 Å². The molecule has 56 valence electrons. The predicted octanol–water partition coefficient (Wildman–Crippen LogP) is 0.710. The first-order valence-corrected chi connectivity index (χ1v) is 3.23. The molecule has 0 fully saturated rings. The van der Waals surface area contributed by atoms with Crippen molar-refractivity contribution in [1.82, 2.24) is 0 Å². The molecule has 0 saturated heterocycles. The lowest BCUT2D eigenvalue weighted by atomic mass is 10.4. The minimum atomic E-state index is -0.989. The molecule has 3 heteroatoms. The number of hydrogen-bond acceptors (Lipinski definition) is 2. The van der Waals surface area contributed by atoms with Gasteiger partial charge in [0.2, 0.25) is 0 Å². The average Bonchev–Trinajstić information content (AvgIpc) is 1.89. The Morgan fingerprint density at radius 2 is 2.33 bits per heavy atom. The van der Waals surface area contributed by atoms with Gasteiger partial charge in [0.05, 0.1) is 6.61 Å². The maximum absolute atomic E-state index is 12.2. The number of hydrogen-bond donors (Lipinski definition) is 1. The molecule has 0 aliphatic carbocycles. The summed E-state index contributed by atoms with van der Waals surface area (Å²) in [6.45, 7) is 2.81. The average molecular weight is 135 g/mol. The van der Waals surface area contributed by atoms with Gasteiger partial charge < -0.3 is 10.5 Å². The third-order valence-electron chi connectivity index (χ3n) is 0.903. The first kappa shape index (κ1) is 8.85. The van der Waals surface area contributed by atoms with Gasteiger partial charge in [0, 0.05) is 13.2 Å². The van der Waals surface area contributed by atoms with Crippen LogP contribution in [0.3, 0.4) is 0 Å². The fraction of sp³-hybridized carbons (Fsp3) is 1.00. The summed E-state index contributed by atoms with van der Waals surface area (Å²) < 4.78 is 17.1.